The minimum absolute atomic E-state index is 0.0856. The number of carbonyl (C=O) groups excluding carboxylic acids is 1. The van der Waals surface area contributed by atoms with Crippen molar-refractivity contribution < 1.29 is 4.79 Å². The molecule has 2 rings (SSSR count). The molecule has 3 N–H and O–H groups in total. The maximum atomic E-state index is 11.9. The SMILES string of the molecule is CC1CCC(NC(=O)CSc2ccc(N)cc2Cl)CC1. The normalized spacial score (nSPS) is 22.5. The van der Waals surface area contributed by atoms with Crippen molar-refractivity contribution in [2.24, 2.45) is 5.92 Å². The van der Waals surface area contributed by atoms with Crippen LogP contribution in [0.3, 0.4) is 0 Å². The van der Waals surface area contributed by atoms with E-state index in [-0.39, 0.29) is 5.91 Å². The summed E-state index contributed by atoms with van der Waals surface area (Å²) < 4.78 is 0. The third-order valence-electron chi connectivity index (χ3n) is 3.70. The Morgan fingerprint density at radius 1 is 1.40 bits per heavy atom. The fourth-order valence-electron chi connectivity index (χ4n) is 2.45. The number of benzene rings is 1. The average Bonchev–Trinajstić information content (AvgIpc) is 2.40. The van der Waals surface area contributed by atoms with Crippen LogP contribution in [0.2, 0.25) is 5.02 Å². The van der Waals surface area contributed by atoms with Gasteiger partial charge >= 0.3 is 0 Å². The molecule has 0 radical (unpaired) electrons. The van der Waals surface area contributed by atoms with E-state index < -0.39 is 0 Å². The third-order valence-corrected chi connectivity index (χ3v) is 5.19. The van der Waals surface area contributed by atoms with E-state index in [0.29, 0.717) is 22.5 Å². The zero-order valence-corrected chi connectivity index (χ0v) is 13.3. The number of hydrogen-bond acceptors (Lipinski definition) is 3. The summed E-state index contributed by atoms with van der Waals surface area (Å²) in [6.45, 7) is 2.27. The molecule has 20 heavy (non-hydrogen) atoms. The van der Waals surface area contributed by atoms with E-state index in [1.807, 2.05) is 6.07 Å². The Morgan fingerprint density at radius 2 is 2.10 bits per heavy atom. The van der Waals surface area contributed by atoms with Crippen LogP contribution in [0, 0.1) is 5.92 Å². The van der Waals surface area contributed by atoms with Crippen molar-refractivity contribution in [1.82, 2.24) is 5.32 Å². The Morgan fingerprint density at radius 3 is 2.75 bits per heavy atom. The van der Waals surface area contributed by atoms with Crippen LogP contribution in [0.15, 0.2) is 23.1 Å². The number of nitrogen functional groups attached to an aromatic ring is 1. The Kier molecular flexibility index (Phi) is 5.61. The minimum atomic E-state index is 0.0856. The molecule has 110 valence electrons. The molecule has 5 heteroatoms. The van der Waals surface area contributed by atoms with Crippen LogP contribution < -0.4 is 11.1 Å². The molecule has 0 bridgehead atoms. The van der Waals surface area contributed by atoms with Crippen LogP contribution in [0.1, 0.15) is 32.6 Å². The lowest BCUT2D eigenvalue weighted by molar-refractivity contribution is -0.119. The van der Waals surface area contributed by atoms with Crippen LogP contribution in [0.4, 0.5) is 5.69 Å². The predicted molar refractivity (Wildman–Crippen MR) is 86.2 cm³/mol. The van der Waals surface area contributed by atoms with Gasteiger partial charge in [0.2, 0.25) is 5.91 Å². The molecule has 1 aliphatic carbocycles. The van der Waals surface area contributed by atoms with Crippen LogP contribution in [0.25, 0.3) is 0 Å². The standard InChI is InChI=1S/C15H21ClN2OS/c1-10-2-5-12(6-3-10)18-15(19)9-20-14-7-4-11(17)8-13(14)16/h4,7-8,10,12H,2-3,5-6,9,17H2,1H3,(H,18,19). The van der Waals surface area contributed by atoms with Gasteiger partial charge in [-0.15, -0.1) is 11.8 Å². The van der Waals surface area contributed by atoms with E-state index >= 15 is 0 Å². The van der Waals surface area contributed by atoms with Gasteiger partial charge in [-0.25, -0.2) is 0 Å². The Labute approximate surface area is 129 Å². The molecule has 0 atom stereocenters. The summed E-state index contributed by atoms with van der Waals surface area (Å²) in [5, 5.41) is 3.72. The zero-order chi connectivity index (χ0) is 14.5. The Balaban J connectivity index is 1.77. The first-order valence-corrected chi connectivity index (χ1v) is 8.38. The molecule has 1 aromatic rings. The summed E-state index contributed by atoms with van der Waals surface area (Å²) in [6.07, 6.45) is 4.62. The molecule has 1 saturated carbocycles. The summed E-state index contributed by atoms with van der Waals surface area (Å²) >= 11 is 7.54. The second-order valence-electron chi connectivity index (χ2n) is 5.50. The molecule has 1 aromatic carbocycles. The van der Waals surface area contributed by atoms with E-state index in [1.165, 1.54) is 24.6 Å². The van der Waals surface area contributed by atoms with Crippen molar-refractivity contribution in [1.29, 1.82) is 0 Å². The highest BCUT2D eigenvalue weighted by Crippen LogP contribution is 2.29. The van der Waals surface area contributed by atoms with E-state index in [0.717, 1.165) is 23.7 Å². The highest BCUT2D eigenvalue weighted by atomic mass is 35.5. The van der Waals surface area contributed by atoms with Crippen molar-refractivity contribution in [3.63, 3.8) is 0 Å². The smallest absolute Gasteiger partial charge is 0.230 e. The molecular formula is C15H21ClN2OS. The van der Waals surface area contributed by atoms with Gasteiger partial charge in [0.25, 0.3) is 0 Å². The highest BCUT2D eigenvalue weighted by molar-refractivity contribution is 8.00. The van der Waals surface area contributed by atoms with Gasteiger partial charge in [0.15, 0.2) is 0 Å². The maximum Gasteiger partial charge on any atom is 0.230 e. The number of hydrogen-bond donors (Lipinski definition) is 2. The lowest BCUT2D eigenvalue weighted by Crippen LogP contribution is -2.38. The third kappa shape index (κ3) is 4.60. The molecule has 0 heterocycles. The quantitative estimate of drug-likeness (QED) is 0.658. The second kappa shape index (κ2) is 7.23. The lowest BCUT2D eigenvalue weighted by Gasteiger charge is -2.26. The summed E-state index contributed by atoms with van der Waals surface area (Å²) in [4.78, 5) is 12.8. The van der Waals surface area contributed by atoms with Crippen molar-refractivity contribution in [3.05, 3.63) is 23.2 Å². The minimum Gasteiger partial charge on any atom is -0.399 e. The molecule has 1 fully saturated rings. The number of rotatable bonds is 4. The summed E-state index contributed by atoms with van der Waals surface area (Å²) in [5.41, 5.74) is 6.28. The van der Waals surface area contributed by atoms with Crippen LogP contribution in [0.5, 0.6) is 0 Å². The lowest BCUT2D eigenvalue weighted by atomic mass is 9.87. The molecule has 1 aliphatic rings. The first-order valence-electron chi connectivity index (χ1n) is 7.02. The largest absolute Gasteiger partial charge is 0.399 e. The van der Waals surface area contributed by atoms with Gasteiger partial charge in [-0.1, -0.05) is 18.5 Å². The van der Waals surface area contributed by atoms with Crippen LogP contribution >= 0.6 is 23.4 Å². The number of thioether (sulfide) groups is 1. The second-order valence-corrected chi connectivity index (χ2v) is 6.93. The van der Waals surface area contributed by atoms with Crippen LogP contribution in [-0.4, -0.2) is 17.7 Å². The summed E-state index contributed by atoms with van der Waals surface area (Å²) in [7, 11) is 0. The van der Waals surface area contributed by atoms with Gasteiger partial charge in [-0.05, 0) is 49.8 Å². The maximum absolute atomic E-state index is 11.9. The fourth-order valence-corrected chi connectivity index (χ4v) is 3.53. The van der Waals surface area contributed by atoms with Crippen LogP contribution in [-0.2, 0) is 4.79 Å². The Hall–Kier alpha value is -0.870. The first kappa shape index (κ1) is 15.5. The van der Waals surface area contributed by atoms with Gasteiger partial charge in [0.1, 0.15) is 0 Å². The number of halogens is 1. The van der Waals surface area contributed by atoms with Crippen molar-refractivity contribution in [3.8, 4) is 0 Å². The molecule has 1 amide bonds. The van der Waals surface area contributed by atoms with Gasteiger partial charge < -0.3 is 11.1 Å². The number of anilines is 1. The summed E-state index contributed by atoms with van der Waals surface area (Å²) in [5.74, 6) is 1.28. The first-order chi connectivity index (χ1) is 9.54. The van der Waals surface area contributed by atoms with Gasteiger partial charge in [0, 0.05) is 16.6 Å². The summed E-state index contributed by atoms with van der Waals surface area (Å²) in [6, 6.07) is 5.72. The molecule has 3 nitrogen and oxygen atoms in total. The topological polar surface area (TPSA) is 55.1 Å². The molecule has 0 unspecified atom stereocenters. The average molecular weight is 313 g/mol. The van der Waals surface area contributed by atoms with Crippen molar-refractivity contribution in [2.75, 3.05) is 11.5 Å². The molecular weight excluding hydrogens is 292 g/mol. The van der Waals surface area contributed by atoms with E-state index in [1.54, 1.807) is 12.1 Å². The molecule has 0 aliphatic heterocycles. The number of amides is 1. The van der Waals surface area contributed by atoms with Crippen molar-refractivity contribution in [2.45, 2.75) is 43.5 Å². The highest BCUT2D eigenvalue weighted by Gasteiger charge is 2.19. The zero-order valence-electron chi connectivity index (χ0n) is 11.7. The molecule has 0 aromatic heterocycles. The van der Waals surface area contributed by atoms with Crippen molar-refractivity contribution >= 4 is 35.0 Å². The fraction of sp³-hybridized carbons (Fsp3) is 0.533. The van der Waals surface area contributed by atoms with Gasteiger partial charge in [-0.2, -0.15) is 0 Å². The van der Waals surface area contributed by atoms with Gasteiger partial charge in [0.05, 0.1) is 10.8 Å². The molecule has 0 spiro atoms. The number of nitrogens with two attached hydrogens (primary N) is 1. The monoisotopic (exact) mass is 312 g/mol. The molecule has 0 saturated heterocycles. The Bertz CT molecular complexity index is 473. The number of nitrogens with one attached hydrogen (secondary N) is 1. The predicted octanol–water partition coefficient (Wildman–Crippen LogP) is 3.71. The number of carbonyl (C=O) groups is 1. The van der Waals surface area contributed by atoms with Gasteiger partial charge in [-0.3, -0.25) is 4.79 Å². The van der Waals surface area contributed by atoms with E-state index in [4.69, 9.17) is 17.3 Å². The van der Waals surface area contributed by atoms with E-state index in [2.05, 4.69) is 12.2 Å². The van der Waals surface area contributed by atoms with E-state index in [9.17, 15) is 4.79 Å².